The largest absolute Gasteiger partial charge is 0.497 e. The number of carbonyl (C=O) groups excluding carboxylic acids is 1. The molecule has 1 spiro atoms. The number of ether oxygens (including phenoxy) is 3. The van der Waals surface area contributed by atoms with Gasteiger partial charge in [0.25, 0.3) is 11.8 Å². The number of aromatic nitrogens is 2. The second-order valence-electron chi connectivity index (χ2n) is 11.1. The van der Waals surface area contributed by atoms with Gasteiger partial charge in [0.05, 0.1) is 20.3 Å². The number of methoxy groups -OCH3 is 1. The molecule has 0 saturated carbocycles. The molecule has 46 heavy (non-hydrogen) atoms. The van der Waals surface area contributed by atoms with Crippen molar-refractivity contribution in [3.8, 4) is 23.0 Å². The average molecular weight is 617 g/mol. The van der Waals surface area contributed by atoms with Crippen LogP contribution in [0.5, 0.6) is 11.5 Å². The van der Waals surface area contributed by atoms with Crippen molar-refractivity contribution >= 4 is 17.5 Å². The van der Waals surface area contributed by atoms with Crippen molar-refractivity contribution in [1.82, 2.24) is 10.1 Å². The Hall–Kier alpha value is -5.48. The first-order chi connectivity index (χ1) is 22.6. The van der Waals surface area contributed by atoms with Crippen molar-refractivity contribution in [1.29, 1.82) is 0 Å². The molecule has 0 unspecified atom stereocenters. The summed E-state index contributed by atoms with van der Waals surface area (Å²) in [6.45, 7) is 0.568. The Morgan fingerprint density at radius 1 is 0.913 bits per heavy atom. The zero-order valence-corrected chi connectivity index (χ0v) is 25.2. The van der Waals surface area contributed by atoms with Gasteiger partial charge in [0.2, 0.25) is 5.90 Å². The van der Waals surface area contributed by atoms with E-state index in [2.05, 4.69) is 10.1 Å². The number of hydrogen-bond donors (Lipinski definition) is 1. The SMILES string of the molecule is COc1ccc(-c2nc(CN3C(=O)[C@@]4(Cc5ccccc53)N=C(c3ccc(OCCCO)cc3)O[C@H]4c3ccccc3)no2)cc1. The number of rotatable bonds is 10. The van der Waals surface area contributed by atoms with Crippen LogP contribution in [0, 0.1) is 0 Å². The summed E-state index contributed by atoms with van der Waals surface area (Å²) in [5.41, 5.74) is 2.78. The predicted molar refractivity (Wildman–Crippen MR) is 171 cm³/mol. The first kappa shape index (κ1) is 29.2. The molecular formula is C36H32N4O6. The zero-order chi connectivity index (χ0) is 31.5. The molecule has 0 bridgehead atoms. The van der Waals surface area contributed by atoms with Crippen LogP contribution in [0.3, 0.4) is 0 Å². The van der Waals surface area contributed by atoms with E-state index in [1.54, 1.807) is 12.0 Å². The molecule has 2 aliphatic rings. The Bertz CT molecular complexity index is 1860. The van der Waals surface area contributed by atoms with Gasteiger partial charge < -0.3 is 28.7 Å². The van der Waals surface area contributed by atoms with E-state index >= 15 is 0 Å². The quantitative estimate of drug-likeness (QED) is 0.203. The highest BCUT2D eigenvalue weighted by Gasteiger charge is 2.57. The van der Waals surface area contributed by atoms with Crippen molar-refractivity contribution in [3.63, 3.8) is 0 Å². The Labute approximate surface area is 265 Å². The Morgan fingerprint density at radius 2 is 1.63 bits per heavy atom. The summed E-state index contributed by atoms with van der Waals surface area (Å²) in [5.74, 6) is 2.27. The monoisotopic (exact) mass is 616 g/mol. The van der Waals surface area contributed by atoms with Crippen molar-refractivity contribution < 1.29 is 28.6 Å². The number of fused-ring (bicyclic) bond motifs is 1. The van der Waals surface area contributed by atoms with E-state index in [4.69, 9.17) is 28.8 Å². The van der Waals surface area contributed by atoms with Gasteiger partial charge >= 0.3 is 0 Å². The third kappa shape index (κ3) is 5.48. The second kappa shape index (κ2) is 12.5. The average Bonchev–Trinajstić information content (AvgIpc) is 3.73. The molecule has 1 amide bonds. The molecule has 2 aliphatic heterocycles. The minimum atomic E-state index is -1.27. The fourth-order valence-electron chi connectivity index (χ4n) is 5.92. The maximum absolute atomic E-state index is 14.8. The van der Waals surface area contributed by atoms with Crippen LogP contribution in [-0.4, -0.2) is 52.9 Å². The van der Waals surface area contributed by atoms with Crippen molar-refractivity contribution in [2.75, 3.05) is 25.2 Å². The molecule has 3 heterocycles. The molecule has 0 radical (unpaired) electrons. The number of anilines is 1. The molecule has 232 valence electrons. The predicted octanol–water partition coefficient (Wildman–Crippen LogP) is 5.55. The molecule has 2 atom stereocenters. The van der Waals surface area contributed by atoms with Gasteiger partial charge in [-0.05, 0) is 65.7 Å². The van der Waals surface area contributed by atoms with Crippen molar-refractivity contribution in [2.24, 2.45) is 4.99 Å². The summed E-state index contributed by atoms with van der Waals surface area (Å²) in [6.07, 6.45) is 0.228. The summed E-state index contributed by atoms with van der Waals surface area (Å²) in [4.78, 5) is 26.2. The fraction of sp³-hybridized carbons (Fsp3) is 0.222. The number of nitrogens with zero attached hydrogens (tertiary/aromatic N) is 4. The van der Waals surface area contributed by atoms with E-state index in [-0.39, 0.29) is 19.1 Å². The third-order valence-corrected chi connectivity index (χ3v) is 8.20. The standard InChI is InChI=1S/C36H32N4O6/c1-43-28-16-12-25(13-17-28)33-37-31(39-46-33)23-40-30-11-6-5-10-27(30)22-36(35(40)42)32(24-8-3-2-4-9-24)45-34(38-36)26-14-18-29(19-15-26)44-21-7-20-41/h2-6,8-19,32,41H,7,20-23H2,1H3/t32-,36-/m0/s1. The van der Waals surface area contributed by atoms with Crippen LogP contribution in [-0.2, 0) is 22.5 Å². The van der Waals surface area contributed by atoms with Gasteiger partial charge in [-0.15, -0.1) is 0 Å². The van der Waals surface area contributed by atoms with Gasteiger partial charge in [0, 0.05) is 36.3 Å². The number of aliphatic hydroxyl groups excluding tert-OH is 1. The highest BCUT2D eigenvalue weighted by atomic mass is 16.5. The molecule has 1 aromatic heterocycles. The van der Waals surface area contributed by atoms with Gasteiger partial charge in [0.15, 0.2) is 17.5 Å². The number of aliphatic imine (C=N–C) groups is 1. The van der Waals surface area contributed by atoms with Crippen molar-refractivity contribution in [3.05, 3.63) is 126 Å². The van der Waals surface area contributed by atoms with Crippen LogP contribution in [0.2, 0.25) is 0 Å². The number of carbonyl (C=O) groups is 1. The minimum absolute atomic E-state index is 0.0659. The minimum Gasteiger partial charge on any atom is -0.497 e. The molecule has 10 heteroatoms. The fourth-order valence-corrected chi connectivity index (χ4v) is 5.92. The lowest BCUT2D eigenvalue weighted by molar-refractivity contribution is -0.127. The lowest BCUT2D eigenvalue weighted by atomic mass is 9.78. The highest BCUT2D eigenvalue weighted by Crippen LogP contribution is 2.48. The van der Waals surface area contributed by atoms with E-state index in [0.717, 1.165) is 33.7 Å². The Balaban J connectivity index is 1.25. The van der Waals surface area contributed by atoms with Crippen LogP contribution in [0.25, 0.3) is 11.5 Å². The highest BCUT2D eigenvalue weighted by molar-refractivity contribution is 6.08. The lowest BCUT2D eigenvalue weighted by Crippen LogP contribution is -2.55. The first-order valence-electron chi connectivity index (χ1n) is 15.1. The number of para-hydroxylation sites is 1. The maximum atomic E-state index is 14.8. The smallest absolute Gasteiger partial charge is 0.260 e. The van der Waals surface area contributed by atoms with Gasteiger partial charge in [-0.25, -0.2) is 4.99 Å². The van der Waals surface area contributed by atoms with Gasteiger partial charge in [-0.1, -0.05) is 53.7 Å². The topological polar surface area (TPSA) is 120 Å². The number of aliphatic hydroxyl groups is 1. The summed E-state index contributed by atoms with van der Waals surface area (Å²) in [7, 11) is 1.61. The van der Waals surface area contributed by atoms with Gasteiger partial charge in [-0.3, -0.25) is 4.79 Å². The summed E-state index contributed by atoms with van der Waals surface area (Å²) in [6, 6.07) is 32.3. The van der Waals surface area contributed by atoms with E-state index in [9.17, 15) is 4.79 Å². The molecule has 0 aliphatic carbocycles. The van der Waals surface area contributed by atoms with Crippen LogP contribution in [0.4, 0.5) is 5.69 Å². The molecule has 5 aromatic rings. The molecule has 4 aromatic carbocycles. The third-order valence-electron chi connectivity index (χ3n) is 8.20. The maximum Gasteiger partial charge on any atom is 0.260 e. The second-order valence-corrected chi connectivity index (χ2v) is 11.1. The van der Waals surface area contributed by atoms with Crippen LogP contribution in [0.1, 0.15) is 35.0 Å². The molecule has 0 fully saturated rings. The zero-order valence-electron chi connectivity index (χ0n) is 25.2. The molecule has 1 N–H and O–H groups in total. The Morgan fingerprint density at radius 3 is 2.39 bits per heavy atom. The number of amides is 1. The van der Waals surface area contributed by atoms with Crippen LogP contribution < -0.4 is 14.4 Å². The summed E-state index contributed by atoms with van der Waals surface area (Å²) >= 11 is 0. The number of hydrogen-bond acceptors (Lipinski definition) is 9. The van der Waals surface area contributed by atoms with Crippen molar-refractivity contribution in [2.45, 2.75) is 31.0 Å². The lowest BCUT2D eigenvalue weighted by Gasteiger charge is -2.40. The van der Waals surface area contributed by atoms with Gasteiger partial charge in [-0.2, -0.15) is 4.98 Å². The molecule has 7 rings (SSSR count). The van der Waals surface area contributed by atoms with E-state index in [1.807, 2.05) is 103 Å². The summed E-state index contributed by atoms with van der Waals surface area (Å²) < 4.78 is 23.2. The first-order valence-corrected chi connectivity index (χ1v) is 15.1. The Kier molecular flexibility index (Phi) is 7.94. The van der Waals surface area contributed by atoms with E-state index < -0.39 is 11.6 Å². The normalized spacial score (nSPS) is 18.7. The number of benzene rings is 4. The van der Waals surface area contributed by atoms with Crippen LogP contribution in [0.15, 0.2) is 113 Å². The van der Waals surface area contributed by atoms with E-state index in [0.29, 0.717) is 42.8 Å². The van der Waals surface area contributed by atoms with Crippen LogP contribution >= 0.6 is 0 Å². The summed E-state index contributed by atoms with van der Waals surface area (Å²) in [5, 5.41) is 13.3. The van der Waals surface area contributed by atoms with E-state index in [1.165, 1.54) is 0 Å². The molecule has 10 nitrogen and oxygen atoms in total. The van der Waals surface area contributed by atoms with Gasteiger partial charge in [0.1, 0.15) is 11.5 Å². The molecular weight excluding hydrogens is 584 g/mol. The molecule has 0 saturated heterocycles.